The number of benzene rings is 1. The molecule has 0 aliphatic heterocycles. The third kappa shape index (κ3) is 3.75. The maximum absolute atomic E-state index is 12.7. The van der Waals surface area contributed by atoms with Crippen LogP contribution in [-0.2, 0) is 6.54 Å². The van der Waals surface area contributed by atoms with E-state index in [1.807, 2.05) is 0 Å². The summed E-state index contributed by atoms with van der Waals surface area (Å²) >= 11 is 0. The lowest BCUT2D eigenvalue weighted by Crippen LogP contribution is -2.20. The predicted molar refractivity (Wildman–Crippen MR) is 71.2 cm³/mol. The normalized spacial score (nSPS) is 10.0. The molecule has 0 fully saturated rings. The molecule has 0 aliphatic rings. The molecule has 5 nitrogen and oxygen atoms in total. The summed E-state index contributed by atoms with van der Waals surface area (Å²) in [5.41, 5.74) is 6.82. The van der Waals surface area contributed by atoms with E-state index >= 15 is 0 Å². The topological polar surface area (TPSA) is 80.0 Å². The standard InChI is InChI=1S/C13H13FN4O/c14-10-2-4-11(5-3-10)17-13(19)18-12-6-1-9(7-15)8-16-12/h1-6,8H,7,15H2,(H2,16,17,18,19). The van der Waals surface area contributed by atoms with Crippen LogP contribution in [0.4, 0.5) is 20.7 Å². The molecule has 6 heteroatoms. The number of carbonyl (C=O) groups is 1. The fourth-order valence-electron chi connectivity index (χ4n) is 1.43. The molecule has 2 aromatic rings. The van der Waals surface area contributed by atoms with Crippen LogP contribution in [0, 0.1) is 5.82 Å². The number of anilines is 2. The number of nitrogens with zero attached hydrogens (tertiary/aromatic N) is 1. The van der Waals surface area contributed by atoms with E-state index in [-0.39, 0.29) is 5.82 Å². The smallest absolute Gasteiger partial charge is 0.324 e. The minimum absolute atomic E-state index is 0.356. The molecule has 0 radical (unpaired) electrons. The molecule has 1 aromatic heterocycles. The first-order valence-corrected chi connectivity index (χ1v) is 5.66. The molecule has 2 amide bonds. The van der Waals surface area contributed by atoms with Crippen molar-refractivity contribution in [1.82, 2.24) is 4.98 Å². The van der Waals surface area contributed by atoms with Crippen molar-refractivity contribution in [2.75, 3.05) is 10.6 Å². The van der Waals surface area contributed by atoms with Crippen LogP contribution in [0.25, 0.3) is 0 Å². The van der Waals surface area contributed by atoms with Crippen molar-refractivity contribution >= 4 is 17.5 Å². The lowest BCUT2D eigenvalue weighted by molar-refractivity contribution is 0.262. The zero-order valence-corrected chi connectivity index (χ0v) is 10.1. The van der Waals surface area contributed by atoms with Crippen molar-refractivity contribution in [3.05, 3.63) is 54.0 Å². The monoisotopic (exact) mass is 260 g/mol. The second-order valence-corrected chi connectivity index (χ2v) is 3.84. The lowest BCUT2D eigenvalue weighted by Gasteiger charge is -2.07. The lowest BCUT2D eigenvalue weighted by atomic mass is 10.3. The molecule has 19 heavy (non-hydrogen) atoms. The zero-order valence-electron chi connectivity index (χ0n) is 10.1. The Morgan fingerprint density at radius 3 is 2.47 bits per heavy atom. The molecule has 2 rings (SSSR count). The summed E-state index contributed by atoms with van der Waals surface area (Å²) in [6.45, 7) is 0.398. The summed E-state index contributed by atoms with van der Waals surface area (Å²) in [5, 5.41) is 5.13. The molecule has 1 heterocycles. The average Bonchev–Trinajstić information content (AvgIpc) is 2.42. The average molecular weight is 260 g/mol. The van der Waals surface area contributed by atoms with Gasteiger partial charge in [-0.15, -0.1) is 0 Å². The van der Waals surface area contributed by atoms with Crippen LogP contribution in [0.1, 0.15) is 5.56 Å². The first-order valence-electron chi connectivity index (χ1n) is 5.66. The zero-order chi connectivity index (χ0) is 13.7. The number of pyridine rings is 1. The van der Waals surface area contributed by atoms with Crippen LogP contribution in [0.3, 0.4) is 0 Å². The highest BCUT2D eigenvalue weighted by Gasteiger charge is 2.03. The van der Waals surface area contributed by atoms with E-state index in [2.05, 4.69) is 15.6 Å². The summed E-state index contributed by atoms with van der Waals surface area (Å²) in [7, 11) is 0. The largest absolute Gasteiger partial charge is 0.326 e. The van der Waals surface area contributed by atoms with Gasteiger partial charge in [0, 0.05) is 18.4 Å². The quantitative estimate of drug-likeness (QED) is 0.792. The Labute approximate surface area is 109 Å². The molecule has 0 saturated carbocycles. The van der Waals surface area contributed by atoms with Crippen molar-refractivity contribution in [3.8, 4) is 0 Å². The van der Waals surface area contributed by atoms with Crippen LogP contribution in [0.5, 0.6) is 0 Å². The maximum Gasteiger partial charge on any atom is 0.324 e. The molecule has 4 N–H and O–H groups in total. The summed E-state index contributed by atoms with van der Waals surface area (Å²) < 4.78 is 12.7. The second-order valence-electron chi connectivity index (χ2n) is 3.84. The van der Waals surface area contributed by atoms with E-state index < -0.39 is 6.03 Å². The van der Waals surface area contributed by atoms with Crippen molar-refractivity contribution in [2.24, 2.45) is 5.73 Å². The van der Waals surface area contributed by atoms with Crippen LogP contribution < -0.4 is 16.4 Å². The molecule has 1 aromatic carbocycles. The van der Waals surface area contributed by atoms with Crippen LogP contribution >= 0.6 is 0 Å². The van der Waals surface area contributed by atoms with Gasteiger partial charge in [-0.1, -0.05) is 6.07 Å². The highest BCUT2D eigenvalue weighted by Crippen LogP contribution is 2.09. The van der Waals surface area contributed by atoms with Gasteiger partial charge in [0.05, 0.1) is 0 Å². The first-order chi connectivity index (χ1) is 9.17. The molecule has 98 valence electrons. The van der Waals surface area contributed by atoms with Gasteiger partial charge in [0.25, 0.3) is 0 Å². The van der Waals surface area contributed by atoms with Crippen molar-refractivity contribution in [3.63, 3.8) is 0 Å². The van der Waals surface area contributed by atoms with Gasteiger partial charge in [-0.3, -0.25) is 5.32 Å². The Kier molecular flexibility index (Phi) is 4.04. The van der Waals surface area contributed by atoms with Gasteiger partial charge in [-0.05, 0) is 35.9 Å². The van der Waals surface area contributed by atoms with Gasteiger partial charge in [0.1, 0.15) is 11.6 Å². The molecular formula is C13H13FN4O. The summed E-state index contributed by atoms with van der Waals surface area (Å²) in [6, 6.07) is 8.47. The number of aromatic nitrogens is 1. The fraction of sp³-hybridized carbons (Fsp3) is 0.0769. The third-order valence-electron chi connectivity index (χ3n) is 2.40. The van der Waals surface area contributed by atoms with Crippen LogP contribution in [-0.4, -0.2) is 11.0 Å². The number of halogens is 1. The van der Waals surface area contributed by atoms with E-state index in [1.165, 1.54) is 24.3 Å². The van der Waals surface area contributed by atoms with Gasteiger partial charge in [-0.25, -0.2) is 14.2 Å². The van der Waals surface area contributed by atoms with Crippen LogP contribution in [0.2, 0.25) is 0 Å². The van der Waals surface area contributed by atoms with Gasteiger partial charge >= 0.3 is 6.03 Å². The Morgan fingerprint density at radius 1 is 1.16 bits per heavy atom. The van der Waals surface area contributed by atoms with Gasteiger partial charge in [0.15, 0.2) is 0 Å². The summed E-state index contributed by atoms with van der Waals surface area (Å²) in [6.07, 6.45) is 1.59. The predicted octanol–water partition coefficient (Wildman–Crippen LogP) is 2.32. The molecule has 0 atom stereocenters. The Balaban J connectivity index is 1.95. The summed E-state index contributed by atoms with van der Waals surface area (Å²) in [4.78, 5) is 15.7. The number of carbonyl (C=O) groups excluding carboxylic acids is 1. The summed E-state index contributed by atoms with van der Waals surface area (Å²) in [5.74, 6) is 0.0572. The van der Waals surface area contributed by atoms with Gasteiger partial charge < -0.3 is 11.1 Å². The minimum Gasteiger partial charge on any atom is -0.326 e. The number of urea groups is 1. The fourth-order valence-corrected chi connectivity index (χ4v) is 1.43. The van der Waals surface area contributed by atoms with Gasteiger partial charge in [0.2, 0.25) is 0 Å². The number of rotatable bonds is 3. The van der Waals surface area contributed by atoms with Gasteiger partial charge in [-0.2, -0.15) is 0 Å². The maximum atomic E-state index is 12.7. The van der Waals surface area contributed by atoms with E-state index in [4.69, 9.17) is 5.73 Å². The van der Waals surface area contributed by atoms with Crippen molar-refractivity contribution < 1.29 is 9.18 Å². The number of hydrogen-bond acceptors (Lipinski definition) is 3. The van der Waals surface area contributed by atoms with Crippen molar-refractivity contribution in [2.45, 2.75) is 6.54 Å². The second kappa shape index (κ2) is 5.92. The Bertz CT molecular complexity index is 554. The molecule has 0 unspecified atom stereocenters. The van der Waals surface area contributed by atoms with Crippen molar-refractivity contribution in [1.29, 1.82) is 0 Å². The molecule has 0 spiro atoms. The SMILES string of the molecule is NCc1ccc(NC(=O)Nc2ccc(F)cc2)nc1. The first kappa shape index (κ1) is 13.0. The molecule has 0 bridgehead atoms. The van der Waals surface area contributed by atoms with E-state index in [1.54, 1.807) is 18.3 Å². The van der Waals surface area contributed by atoms with E-state index in [0.29, 0.717) is 18.1 Å². The molecule has 0 saturated heterocycles. The van der Waals surface area contributed by atoms with Crippen LogP contribution in [0.15, 0.2) is 42.6 Å². The minimum atomic E-state index is -0.445. The highest BCUT2D eigenvalue weighted by atomic mass is 19.1. The number of nitrogens with two attached hydrogens (primary N) is 1. The number of nitrogens with one attached hydrogen (secondary N) is 2. The highest BCUT2D eigenvalue weighted by molar-refractivity contribution is 5.99. The third-order valence-corrected chi connectivity index (χ3v) is 2.40. The van der Waals surface area contributed by atoms with E-state index in [0.717, 1.165) is 5.56 Å². The number of amides is 2. The Morgan fingerprint density at radius 2 is 1.89 bits per heavy atom. The molecule has 0 aliphatic carbocycles. The van der Waals surface area contributed by atoms with E-state index in [9.17, 15) is 9.18 Å². The number of hydrogen-bond donors (Lipinski definition) is 3. The Hall–Kier alpha value is -2.47. The molecular weight excluding hydrogens is 247 g/mol.